The third-order valence-corrected chi connectivity index (χ3v) is 16.2. The maximum absolute atomic E-state index is 13.4. The van der Waals surface area contributed by atoms with Crippen molar-refractivity contribution in [3.63, 3.8) is 0 Å². The minimum absolute atomic E-state index is 0.0745. The van der Waals surface area contributed by atoms with E-state index >= 15 is 0 Å². The Morgan fingerprint density at radius 1 is 0.933 bits per heavy atom. The predicted molar refractivity (Wildman–Crippen MR) is 185 cm³/mol. The molecule has 5 aromatic rings. The van der Waals surface area contributed by atoms with Gasteiger partial charge in [0.2, 0.25) is 0 Å². The van der Waals surface area contributed by atoms with Crippen LogP contribution in [0.4, 0.5) is 5.69 Å². The fourth-order valence-electron chi connectivity index (χ4n) is 5.77. The summed E-state index contributed by atoms with van der Waals surface area (Å²) in [6.07, 6.45) is -1.01. The van der Waals surface area contributed by atoms with Crippen molar-refractivity contribution in [2.24, 2.45) is 0 Å². The fourth-order valence-corrected chi connectivity index (χ4v) is 12.6. The highest BCUT2D eigenvalue weighted by Gasteiger charge is 2.50. The summed E-state index contributed by atoms with van der Waals surface area (Å²) in [5, 5.41) is 25.1. The van der Waals surface area contributed by atoms with Crippen LogP contribution >= 0.6 is 11.3 Å². The molecule has 45 heavy (non-hydrogen) atoms. The third kappa shape index (κ3) is 6.60. The van der Waals surface area contributed by atoms with Gasteiger partial charge in [-0.3, -0.25) is 5.32 Å². The molecule has 0 saturated carbocycles. The van der Waals surface area contributed by atoms with E-state index in [4.69, 9.17) is 10.2 Å². The highest BCUT2D eigenvalue weighted by Crippen LogP contribution is 2.38. The number of aryl methyl sites for hydroxylation is 2. The lowest BCUT2D eigenvalue weighted by Gasteiger charge is -2.43. The Kier molecular flexibility index (Phi) is 9.59. The first kappa shape index (κ1) is 32.9. The molecule has 2 aromatic heterocycles. The van der Waals surface area contributed by atoms with Crippen LogP contribution in [-0.4, -0.2) is 44.4 Å². The number of thiophene rings is 1. The van der Waals surface area contributed by atoms with Crippen molar-refractivity contribution in [3.05, 3.63) is 107 Å². The molecule has 1 atom stereocenters. The van der Waals surface area contributed by atoms with Crippen LogP contribution in [0, 0.1) is 13.8 Å². The molecule has 0 aliphatic heterocycles. The summed E-state index contributed by atoms with van der Waals surface area (Å²) >= 11 is 1.30. The minimum Gasteiger partial charge on any atom is -0.406 e. The van der Waals surface area contributed by atoms with E-state index in [1.807, 2.05) is 50.2 Å². The summed E-state index contributed by atoms with van der Waals surface area (Å²) in [4.78, 5) is 1.49. The number of aliphatic hydroxyl groups is 1. The maximum atomic E-state index is 13.4. The number of nitrogens with zero attached hydrogens (tertiary/aromatic N) is 2. The summed E-state index contributed by atoms with van der Waals surface area (Å²) in [5.74, 6) is -0.138. The van der Waals surface area contributed by atoms with Crippen molar-refractivity contribution in [1.82, 2.24) is 15.5 Å². The molecule has 0 radical (unpaired) electrons. The fraction of sp³-hybridized carbons (Fsp3) is 0.294. The van der Waals surface area contributed by atoms with Crippen molar-refractivity contribution in [2.75, 3.05) is 18.1 Å². The van der Waals surface area contributed by atoms with E-state index in [9.17, 15) is 13.5 Å². The molecule has 1 unspecified atom stereocenters. The zero-order valence-corrected chi connectivity index (χ0v) is 28.9. The third-order valence-electron chi connectivity index (χ3n) is 8.28. The second kappa shape index (κ2) is 13.1. The van der Waals surface area contributed by atoms with E-state index in [1.54, 1.807) is 24.3 Å². The standard InChI is InChI=1S/C34H40N4O4S2Si/c1-23-24(2)37-38-33-29(23)30(35)31(43-33)32(39)36-22-25-16-18-26(19-17-25)44(40,41)21-20-42-45(34(3,4)5,27-12-8-6-9-13-27)28-14-10-7-11-15-28/h6-19,32,36,39H,20-22,35H2,1-5H3. The molecule has 236 valence electrons. The number of fused-ring (bicyclic) bond motifs is 1. The zero-order chi connectivity index (χ0) is 32.4. The Balaban J connectivity index is 1.27. The largest absolute Gasteiger partial charge is 0.406 e. The molecule has 11 heteroatoms. The van der Waals surface area contributed by atoms with Gasteiger partial charge in [-0.2, -0.15) is 5.10 Å². The van der Waals surface area contributed by atoms with Crippen molar-refractivity contribution < 1.29 is 18.0 Å². The number of hydrogen-bond acceptors (Lipinski definition) is 9. The molecule has 0 amide bonds. The number of nitrogen functional groups attached to an aromatic ring is 1. The van der Waals surface area contributed by atoms with Gasteiger partial charge in [0.1, 0.15) is 11.1 Å². The Hall–Kier alpha value is -3.45. The minimum atomic E-state index is -3.61. The lowest BCUT2D eigenvalue weighted by molar-refractivity contribution is 0.141. The van der Waals surface area contributed by atoms with Crippen molar-refractivity contribution in [2.45, 2.75) is 57.3 Å². The van der Waals surface area contributed by atoms with Gasteiger partial charge in [0, 0.05) is 18.5 Å². The van der Waals surface area contributed by atoms with Gasteiger partial charge < -0.3 is 15.3 Å². The predicted octanol–water partition coefficient (Wildman–Crippen LogP) is 5.02. The molecule has 4 N–H and O–H groups in total. The highest BCUT2D eigenvalue weighted by atomic mass is 32.2. The Morgan fingerprint density at radius 3 is 2.07 bits per heavy atom. The van der Waals surface area contributed by atoms with Gasteiger partial charge in [-0.05, 0) is 52.5 Å². The second-order valence-electron chi connectivity index (χ2n) is 12.2. The van der Waals surface area contributed by atoms with Gasteiger partial charge in [0.05, 0.1) is 26.9 Å². The number of aromatic nitrogens is 2. The molecule has 5 rings (SSSR count). The first-order chi connectivity index (χ1) is 21.3. The smallest absolute Gasteiger partial charge is 0.261 e. The SMILES string of the molecule is Cc1nnc2sc(C(O)NCc3ccc(S(=O)(=O)CCO[Si](c4ccccc4)(c4ccccc4)C(C)(C)C)cc3)c(N)c2c1C. The van der Waals surface area contributed by atoms with Gasteiger partial charge in [0.25, 0.3) is 8.32 Å². The number of nitrogens with two attached hydrogens (primary N) is 1. The van der Waals surface area contributed by atoms with Crippen LogP contribution in [-0.2, 0) is 20.8 Å². The normalized spacial score (nSPS) is 13.3. The molecule has 8 nitrogen and oxygen atoms in total. The van der Waals surface area contributed by atoms with Crippen molar-refractivity contribution in [1.29, 1.82) is 0 Å². The molecule has 0 saturated heterocycles. The van der Waals surface area contributed by atoms with Crippen molar-refractivity contribution >= 4 is 55.8 Å². The summed E-state index contributed by atoms with van der Waals surface area (Å²) in [6, 6.07) is 27.1. The van der Waals surface area contributed by atoms with Gasteiger partial charge in [-0.1, -0.05) is 93.6 Å². The van der Waals surface area contributed by atoms with Crippen molar-refractivity contribution in [3.8, 4) is 0 Å². The van der Waals surface area contributed by atoms with E-state index in [2.05, 4.69) is 60.6 Å². The molecule has 0 spiro atoms. The first-order valence-corrected chi connectivity index (χ1v) is 19.2. The highest BCUT2D eigenvalue weighted by molar-refractivity contribution is 7.91. The Morgan fingerprint density at radius 2 is 1.51 bits per heavy atom. The zero-order valence-electron chi connectivity index (χ0n) is 26.2. The monoisotopic (exact) mass is 660 g/mol. The molecular weight excluding hydrogens is 621 g/mol. The van der Waals surface area contributed by atoms with E-state index in [0.717, 1.165) is 32.6 Å². The van der Waals surface area contributed by atoms with E-state index in [-0.39, 0.29) is 22.3 Å². The van der Waals surface area contributed by atoms with Crippen LogP contribution in [0.5, 0.6) is 0 Å². The van der Waals surface area contributed by atoms with Crippen LogP contribution in [0.25, 0.3) is 10.2 Å². The second-order valence-corrected chi connectivity index (χ2v) is 19.7. The summed E-state index contributed by atoms with van der Waals surface area (Å²) in [7, 11) is -6.45. The van der Waals surface area contributed by atoms with Crippen LogP contribution < -0.4 is 21.4 Å². The first-order valence-electron chi connectivity index (χ1n) is 14.8. The Bertz CT molecular complexity index is 1840. The molecule has 0 aliphatic rings. The van der Waals surface area contributed by atoms with Gasteiger partial charge in [-0.15, -0.1) is 16.4 Å². The van der Waals surface area contributed by atoms with Crippen LogP contribution in [0.15, 0.2) is 89.8 Å². The van der Waals surface area contributed by atoms with E-state index < -0.39 is 24.4 Å². The lowest BCUT2D eigenvalue weighted by atomic mass is 10.1. The molecule has 0 fully saturated rings. The Labute approximate surface area is 270 Å². The summed E-state index contributed by atoms with van der Waals surface area (Å²) in [5.41, 5.74) is 9.43. The average Bonchev–Trinajstić information content (AvgIpc) is 3.37. The van der Waals surface area contributed by atoms with Gasteiger partial charge in [0.15, 0.2) is 9.84 Å². The molecular formula is C34H40N4O4S2Si. The molecule has 3 aromatic carbocycles. The van der Waals surface area contributed by atoms with Crippen LogP contribution in [0.2, 0.25) is 5.04 Å². The van der Waals surface area contributed by atoms with Gasteiger partial charge >= 0.3 is 0 Å². The quantitative estimate of drug-likeness (QED) is 0.133. The number of hydrogen-bond donors (Lipinski definition) is 3. The lowest BCUT2D eigenvalue weighted by Crippen LogP contribution is -2.66. The van der Waals surface area contributed by atoms with E-state index in [0.29, 0.717) is 21.9 Å². The van der Waals surface area contributed by atoms with Crippen LogP contribution in [0.1, 0.15) is 48.7 Å². The van der Waals surface area contributed by atoms with Gasteiger partial charge in [-0.25, -0.2) is 8.42 Å². The van der Waals surface area contributed by atoms with Crippen LogP contribution in [0.3, 0.4) is 0 Å². The number of aliphatic hydroxyl groups excluding tert-OH is 1. The average molecular weight is 661 g/mol. The number of benzene rings is 3. The summed E-state index contributed by atoms with van der Waals surface area (Å²) < 4.78 is 33.7. The number of rotatable bonds is 11. The number of anilines is 1. The topological polar surface area (TPSA) is 127 Å². The van der Waals surface area contributed by atoms with E-state index in [1.165, 1.54) is 11.3 Å². The maximum Gasteiger partial charge on any atom is 0.261 e. The number of nitrogens with one attached hydrogen (secondary N) is 1. The number of sulfone groups is 1. The molecule has 0 aliphatic carbocycles. The summed E-state index contributed by atoms with van der Waals surface area (Å²) in [6.45, 7) is 10.7. The molecule has 2 heterocycles. The molecule has 0 bridgehead atoms.